The van der Waals surface area contributed by atoms with E-state index in [4.69, 9.17) is 11.6 Å². The molecule has 4 rings (SSSR count). The highest BCUT2D eigenvalue weighted by atomic mass is 35.5. The Kier molecular flexibility index (Phi) is 3.06. The minimum Gasteiger partial charge on any atom is -0.266 e. The summed E-state index contributed by atoms with van der Waals surface area (Å²) in [5.41, 5.74) is 1.57. The molecule has 0 saturated carbocycles. The second-order valence-electron chi connectivity index (χ2n) is 5.46. The van der Waals surface area contributed by atoms with E-state index in [9.17, 15) is 4.79 Å². The van der Waals surface area contributed by atoms with Crippen molar-refractivity contribution in [1.82, 2.24) is 15.0 Å². The molecule has 0 spiro atoms. The smallest absolute Gasteiger partial charge is 0.266 e. The number of fused-ring (bicyclic) bond motifs is 2. The van der Waals surface area contributed by atoms with Gasteiger partial charge < -0.3 is 0 Å². The molecule has 1 aromatic carbocycles. The van der Waals surface area contributed by atoms with Gasteiger partial charge >= 0.3 is 6.03 Å². The van der Waals surface area contributed by atoms with Crippen LogP contribution in [0.3, 0.4) is 0 Å². The Balaban J connectivity index is 1.87. The summed E-state index contributed by atoms with van der Waals surface area (Å²) in [5, 5.41) is 5.29. The summed E-state index contributed by atoms with van der Waals surface area (Å²) in [6.07, 6.45) is 2.10. The molecule has 7 heteroatoms. The Morgan fingerprint density at radius 3 is 2.73 bits per heavy atom. The summed E-state index contributed by atoms with van der Waals surface area (Å²) >= 11 is 7.79. The van der Waals surface area contributed by atoms with Gasteiger partial charge in [0, 0.05) is 13.1 Å². The van der Waals surface area contributed by atoms with Gasteiger partial charge in [0.1, 0.15) is 11.3 Å². The van der Waals surface area contributed by atoms with Gasteiger partial charge in [0.05, 0.1) is 20.4 Å². The number of carbonyl (C=O) groups excluding carboxylic acids is 1. The third-order valence-electron chi connectivity index (χ3n) is 4.07. The molecule has 0 radical (unpaired) electrons. The number of anilines is 1. The number of aryl methyl sites for hydroxylation is 1. The van der Waals surface area contributed by atoms with Crippen molar-refractivity contribution in [2.75, 3.05) is 18.0 Å². The van der Waals surface area contributed by atoms with Gasteiger partial charge in [-0.25, -0.2) is 19.7 Å². The average molecular weight is 335 g/mol. The van der Waals surface area contributed by atoms with Gasteiger partial charge in [-0.05, 0) is 31.9 Å². The Hall–Kier alpha value is -1.79. The van der Waals surface area contributed by atoms with Crippen LogP contribution in [-0.4, -0.2) is 34.1 Å². The van der Waals surface area contributed by atoms with Crippen molar-refractivity contribution >= 4 is 44.9 Å². The molecule has 2 aromatic rings. The average Bonchev–Trinajstić information content (AvgIpc) is 3.02. The first-order valence-corrected chi connectivity index (χ1v) is 8.41. The van der Waals surface area contributed by atoms with Crippen molar-refractivity contribution in [3.63, 3.8) is 0 Å². The van der Waals surface area contributed by atoms with E-state index in [0.29, 0.717) is 10.8 Å². The molecule has 0 atom stereocenters. The molecule has 3 heterocycles. The van der Waals surface area contributed by atoms with Crippen molar-refractivity contribution < 1.29 is 4.79 Å². The number of hydrogen-bond donors (Lipinski definition) is 0. The number of thiazole rings is 1. The van der Waals surface area contributed by atoms with E-state index >= 15 is 0 Å². The van der Waals surface area contributed by atoms with Crippen LogP contribution in [0.4, 0.5) is 10.5 Å². The number of carbonyl (C=O) groups is 1. The molecular formula is C15H15ClN4OS. The zero-order chi connectivity index (χ0) is 15.4. The van der Waals surface area contributed by atoms with E-state index in [1.54, 1.807) is 27.3 Å². The number of halogens is 1. The van der Waals surface area contributed by atoms with Crippen molar-refractivity contribution in [3.05, 3.63) is 34.6 Å². The van der Waals surface area contributed by atoms with E-state index in [-0.39, 0.29) is 6.03 Å². The topological polar surface area (TPSA) is 39.7 Å². The number of nitrogens with zero attached hydrogens (tertiary/aromatic N) is 4. The molecule has 2 amide bonds. The van der Waals surface area contributed by atoms with Crippen LogP contribution in [-0.2, 0) is 0 Å². The third kappa shape index (κ3) is 1.84. The zero-order valence-electron chi connectivity index (χ0n) is 12.2. The summed E-state index contributed by atoms with van der Waals surface area (Å²) in [6.45, 7) is 7.64. The largest absolute Gasteiger partial charge is 0.349 e. The lowest BCUT2D eigenvalue weighted by Crippen LogP contribution is -2.42. The number of rotatable bonds is 1. The van der Waals surface area contributed by atoms with E-state index in [1.165, 1.54) is 0 Å². The molecule has 2 fully saturated rings. The molecule has 0 unspecified atom stereocenters. The first-order chi connectivity index (χ1) is 10.6. The SMILES string of the molecule is C=C1N(c2ccc(Cl)c3nc(C)sc23)C(=O)N2CCCCN12. The number of hydrazine groups is 1. The van der Waals surface area contributed by atoms with Crippen molar-refractivity contribution in [3.8, 4) is 0 Å². The van der Waals surface area contributed by atoms with Crippen LogP contribution >= 0.6 is 22.9 Å². The predicted octanol–water partition coefficient (Wildman–Crippen LogP) is 3.98. The first-order valence-electron chi connectivity index (χ1n) is 7.21. The lowest BCUT2D eigenvalue weighted by Gasteiger charge is -2.32. The van der Waals surface area contributed by atoms with Gasteiger partial charge in [-0.2, -0.15) is 0 Å². The fourth-order valence-electron chi connectivity index (χ4n) is 3.06. The summed E-state index contributed by atoms with van der Waals surface area (Å²) in [5.74, 6) is 0.708. The number of aromatic nitrogens is 1. The van der Waals surface area contributed by atoms with Crippen LogP contribution in [0.25, 0.3) is 10.2 Å². The molecule has 2 saturated heterocycles. The maximum absolute atomic E-state index is 12.8. The quantitative estimate of drug-likeness (QED) is 0.791. The second-order valence-corrected chi connectivity index (χ2v) is 7.08. The number of urea groups is 1. The zero-order valence-corrected chi connectivity index (χ0v) is 13.7. The van der Waals surface area contributed by atoms with Gasteiger partial charge in [-0.15, -0.1) is 11.3 Å². The first kappa shape index (κ1) is 13.8. The van der Waals surface area contributed by atoms with Crippen LogP contribution in [0, 0.1) is 6.92 Å². The maximum Gasteiger partial charge on any atom is 0.349 e. The van der Waals surface area contributed by atoms with Crippen molar-refractivity contribution in [2.24, 2.45) is 0 Å². The molecule has 1 aromatic heterocycles. The van der Waals surface area contributed by atoms with Crippen molar-refractivity contribution in [1.29, 1.82) is 0 Å². The summed E-state index contributed by atoms with van der Waals surface area (Å²) in [4.78, 5) is 18.9. The normalized spacial score (nSPS) is 18.5. The highest BCUT2D eigenvalue weighted by Gasteiger charge is 2.41. The van der Waals surface area contributed by atoms with E-state index in [2.05, 4.69) is 11.6 Å². The molecular weight excluding hydrogens is 320 g/mol. The van der Waals surface area contributed by atoms with E-state index in [1.807, 2.05) is 18.0 Å². The Labute approximate surface area is 137 Å². The fourth-order valence-corrected chi connectivity index (χ4v) is 4.26. The standard InChI is InChI=1S/C15H15ClN4OS/c1-9-17-13-11(16)5-6-12(14(13)22-9)20-10(2)18-7-3-4-8-19(18)15(20)21/h5-6H,2-4,7-8H2,1H3. The van der Waals surface area contributed by atoms with E-state index < -0.39 is 0 Å². The lowest BCUT2D eigenvalue weighted by atomic mass is 10.2. The minimum absolute atomic E-state index is 0.0422. The van der Waals surface area contributed by atoms with Crippen LogP contribution in [0.1, 0.15) is 17.8 Å². The monoisotopic (exact) mass is 334 g/mol. The van der Waals surface area contributed by atoms with Gasteiger partial charge in [0.15, 0.2) is 0 Å². The summed E-state index contributed by atoms with van der Waals surface area (Å²) in [6, 6.07) is 3.63. The predicted molar refractivity (Wildman–Crippen MR) is 89.0 cm³/mol. The summed E-state index contributed by atoms with van der Waals surface area (Å²) in [7, 11) is 0. The molecule has 0 bridgehead atoms. The molecule has 0 aliphatic carbocycles. The maximum atomic E-state index is 12.8. The van der Waals surface area contributed by atoms with Gasteiger partial charge in [-0.1, -0.05) is 18.2 Å². The van der Waals surface area contributed by atoms with Crippen LogP contribution in [0.5, 0.6) is 0 Å². The van der Waals surface area contributed by atoms with Crippen LogP contribution < -0.4 is 4.90 Å². The lowest BCUT2D eigenvalue weighted by molar-refractivity contribution is 0.0500. The number of benzene rings is 1. The Bertz CT molecular complexity index is 778. The Morgan fingerprint density at radius 1 is 1.27 bits per heavy atom. The molecule has 5 nitrogen and oxygen atoms in total. The highest BCUT2D eigenvalue weighted by Crippen LogP contribution is 2.40. The summed E-state index contributed by atoms with van der Waals surface area (Å²) < 4.78 is 0.931. The highest BCUT2D eigenvalue weighted by molar-refractivity contribution is 7.19. The molecule has 114 valence electrons. The van der Waals surface area contributed by atoms with E-state index in [0.717, 1.165) is 46.8 Å². The van der Waals surface area contributed by atoms with Gasteiger partial charge in [0.2, 0.25) is 0 Å². The molecule has 0 N–H and O–H groups in total. The third-order valence-corrected chi connectivity index (χ3v) is 5.37. The van der Waals surface area contributed by atoms with Gasteiger partial charge in [0.25, 0.3) is 0 Å². The Morgan fingerprint density at radius 2 is 2.00 bits per heavy atom. The molecule has 22 heavy (non-hydrogen) atoms. The van der Waals surface area contributed by atoms with Crippen molar-refractivity contribution in [2.45, 2.75) is 19.8 Å². The number of amides is 2. The minimum atomic E-state index is -0.0422. The fraction of sp³-hybridized carbons (Fsp3) is 0.333. The van der Waals surface area contributed by atoms with Crippen LogP contribution in [0.2, 0.25) is 5.02 Å². The van der Waals surface area contributed by atoms with Gasteiger partial charge in [-0.3, -0.25) is 5.01 Å². The molecule has 2 aliphatic rings. The molecule has 2 aliphatic heterocycles. The van der Waals surface area contributed by atoms with Crippen LogP contribution in [0.15, 0.2) is 24.5 Å². The second kappa shape index (κ2) is 4.86. The number of hydrogen-bond acceptors (Lipinski definition) is 4.